The van der Waals surface area contributed by atoms with Crippen molar-refractivity contribution in [3.05, 3.63) is 29.8 Å². The van der Waals surface area contributed by atoms with Gasteiger partial charge in [-0.3, -0.25) is 0 Å². The molecule has 3 atom stereocenters. The number of β-amino-alcohol motifs (C(OH)–C–C–N with tert-alkyl or cyclic N) is 1. The second-order valence-corrected chi connectivity index (χ2v) is 4.84. The van der Waals surface area contributed by atoms with E-state index in [-0.39, 0.29) is 6.04 Å². The lowest BCUT2D eigenvalue weighted by Gasteiger charge is -2.50. The van der Waals surface area contributed by atoms with Gasteiger partial charge in [0.15, 0.2) is 0 Å². The van der Waals surface area contributed by atoms with Gasteiger partial charge in [0.25, 0.3) is 0 Å². The van der Waals surface area contributed by atoms with Crippen molar-refractivity contribution >= 4 is 0 Å². The second kappa shape index (κ2) is 2.97. The van der Waals surface area contributed by atoms with Gasteiger partial charge in [0, 0.05) is 24.6 Å². The van der Waals surface area contributed by atoms with E-state index >= 15 is 0 Å². The summed E-state index contributed by atoms with van der Waals surface area (Å²) in [7, 11) is 0. The molecule has 1 saturated heterocycles. The largest absolute Gasteiger partial charge is 0.459 e. The molecule has 3 N–H and O–H groups in total. The van der Waals surface area contributed by atoms with E-state index < -0.39 is 11.4 Å². The summed E-state index contributed by atoms with van der Waals surface area (Å²) >= 11 is 0. The Morgan fingerprint density at radius 1 is 1.38 bits per heavy atom. The van der Waals surface area contributed by atoms with Gasteiger partial charge in [-0.05, 0) is 13.0 Å². The Kier molecular flexibility index (Phi) is 1.87. The van der Waals surface area contributed by atoms with Crippen LogP contribution in [0.5, 0.6) is 5.75 Å². The first-order valence-electron chi connectivity index (χ1n) is 5.48. The zero-order chi connectivity index (χ0) is 11.4. The fourth-order valence-corrected chi connectivity index (χ4v) is 2.44. The average Bonchev–Trinajstić information content (AvgIpc) is 2.24. The van der Waals surface area contributed by atoms with Gasteiger partial charge in [-0.1, -0.05) is 18.2 Å². The fourth-order valence-electron chi connectivity index (χ4n) is 2.44. The van der Waals surface area contributed by atoms with Crippen LogP contribution in [0.4, 0.5) is 0 Å². The molecule has 1 aromatic rings. The average molecular weight is 221 g/mol. The van der Waals surface area contributed by atoms with Crippen LogP contribution < -0.4 is 10.1 Å². The van der Waals surface area contributed by atoms with Gasteiger partial charge in [0.1, 0.15) is 11.4 Å². The van der Waals surface area contributed by atoms with Crippen molar-refractivity contribution < 1.29 is 14.9 Å². The minimum Gasteiger partial charge on any atom is -0.459 e. The number of ether oxygens (including phenoxy) is 1. The molecule has 2 heterocycles. The maximum absolute atomic E-state index is 10.4. The van der Waals surface area contributed by atoms with E-state index in [1.807, 2.05) is 24.3 Å². The van der Waals surface area contributed by atoms with Gasteiger partial charge < -0.3 is 20.3 Å². The van der Waals surface area contributed by atoms with E-state index in [0.717, 1.165) is 5.56 Å². The second-order valence-electron chi connectivity index (χ2n) is 4.84. The lowest BCUT2D eigenvalue weighted by Crippen LogP contribution is -2.67. The van der Waals surface area contributed by atoms with Crippen LogP contribution in [0.2, 0.25) is 0 Å². The molecule has 3 unspecified atom stereocenters. The maximum atomic E-state index is 10.4. The third kappa shape index (κ3) is 1.21. The lowest BCUT2D eigenvalue weighted by atomic mass is 9.80. The van der Waals surface area contributed by atoms with Gasteiger partial charge in [0.05, 0.1) is 0 Å². The van der Waals surface area contributed by atoms with Crippen LogP contribution in [0.25, 0.3) is 0 Å². The first-order chi connectivity index (χ1) is 7.52. The van der Waals surface area contributed by atoms with Crippen LogP contribution in [0.15, 0.2) is 24.3 Å². The molecule has 4 nitrogen and oxygen atoms in total. The predicted molar refractivity (Wildman–Crippen MR) is 58.0 cm³/mol. The van der Waals surface area contributed by atoms with Crippen molar-refractivity contribution in [1.29, 1.82) is 0 Å². The van der Waals surface area contributed by atoms with Gasteiger partial charge in [-0.2, -0.15) is 0 Å². The fraction of sp³-hybridized carbons (Fsp3) is 0.500. The number of hydrogen-bond acceptors (Lipinski definition) is 4. The number of aliphatic hydroxyl groups is 2. The molecule has 1 aromatic carbocycles. The van der Waals surface area contributed by atoms with Crippen LogP contribution in [-0.4, -0.2) is 28.1 Å². The molecule has 0 saturated carbocycles. The Bertz CT molecular complexity index is 432. The first-order valence-corrected chi connectivity index (χ1v) is 5.48. The van der Waals surface area contributed by atoms with Crippen molar-refractivity contribution in [2.75, 3.05) is 6.54 Å². The topological polar surface area (TPSA) is 61.7 Å². The molecule has 1 fully saturated rings. The molecule has 2 aliphatic rings. The van der Waals surface area contributed by atoms with Crippen LogP contribution in [0, 0.1) is 0 Å². The van der Waals surface area contributed by atoms with Crippen molar-refractivity contribution in [1.82, 2.24) is 5.32 Å². The molecular weight excluding hydrogens is 206 g/mol. The summed E-state index contributed by atoms with van der Waals surface area (Å²) < 4.78 is 5.57. The van der Waals surface area contributed by atoms with E-state index in [4.69, 9.17) is 4.74 Å². The van der Waals surface area contributed by atoms with E-state index in [0.29, 0.717) is 18.7 Å². The molecule has 2 bridgehead atoms. The number of fused-ring (bicyclic) bond motifs is 4. The summed E-state index contributed by atoms with van der Waals surface area (Å²) in [6.07, 6.45) is 0.372. The molecule has 16 heavy (non-hydrogen) atoms. The van der Waals surface area contributed by atoms with E-state index in [2.05, 4.69) is 5.32 Å². The smallest absolute Gasteiger partial charge is 0.239 e. The van der Waals surface area contributed by atoms with Crippen molar-refractivity contribution in [3.63, 3.8) is 0 Å². The first kappa shape index (κ1) is 10.1. The predicted octanol–water partition coefficient (Wildman–Crippen LogP) is 0.553. The SMILES string of the molecule is CC1(O)CNC2CC1(O)Oc1ccccc12. The minimum atomic E-state index is -1.49. The number of nitrogens with one attached hydrogen (secondary N) is 1. The maximum Gasteiger partial charge on any atom is 0.239 e. The van der Waals surface area contributed by atoms with Crippen molar-refractivity contribution in [2.24, 2.45) is 0 Å². The van der Waals surface area contributed by atoms with Crippen LogP contribution >= 0.6 is 0 Å². The number of hydrogen-bond donors (Lipinski definition) is 3. The van der Waals surface area contributed by atoms with E-state index in [1.165, 1.54) is 0 Å². The molecule has 0 radical (unpaired) electrons. The zero-order valence-electron chi connectivity index (χ0n) is 9.10. The van der Waals surface area contributed by atoms with E-state index in [9.17, 15) is 10.2 Å². The third-order valence-electron chi connectivity index (χ3n) is 3.59. The quantitative estimate of drug-likeness (QED) is 0.599. The van der Waals surface area contributed by atoms with Crippen molar-refractivity contribution in [2.45, 2.75) is 30.8 Å². The highest BCUT2D eigenvalue weighted by molar-refractivity contribution is 5.40. The Morgan fingerprint density at radius 3 is 2.94 bits per heavy atom. The van der Waals surface area contributed by atoms with E-state index in [1.54, 1.807) is 6.92 Å². The highest BCUT2D eigenvalue weighted by Gasteiger charge is 2.55. The number of para-hydroxylation sites is 1. The lowest BCUT2D eigenvalue weighted by molar-refractivity contribution is -0.275. The van der Waals surface area contributed by atoms with Gasteiger partial charge in [-0.15, -0.1) is 0 Å². The summed E-state index contributed by atoms with van der Waals surface area (Å²) in [5.74, 6) is -0.842. The highest BCUT2D eigenvalue weighted by atomic mass is 16.6. The normalized spacial score (nSPS) is 41.1. The number of piperidine rings is 1. The van der Waals surface area contributed by atoms with Crippen molar-refractivity contribution in [3.8, 4) is 5.75 Å². The monoisotopic (exact) mass is 221 g/mol. The number of rotatable bonds is 0. The van der Waals surface area contributed by atoms with Gasteiger partial charge in [0.2, 0.25) is 5.79 Å². The van der Waals surface area contributed by atoms with Gasteiger partial charge >= 0.3 is 0 Å². The standard InChI is InChI=1S/C12H15NO3/c1-11(14)7-13-9-6-12(11,15)16-10-5-3-2-4-8(9)10/h2-5,9,13-15H,6-7H2,1H3. The molecule has 0 amide bonds. The molecular formula is C12H15NO3. The molecule has 3 rings (SSSR count). The Balaban J connectivity index is 2.09. The molecule has 4 heteroatoms. The molecule has 0 aromatic heterocycles. The van der Waals surface area contributed by atoms with Crippen LogP contribution in [-0.2, 0) is 0 Å². The highest BCUT2D eigenvalue weighted by Crippen LogP contribution is 2.45. The minimum absolute atomic E-state index is 0.0511. The molecule has 86 valence electrons. The summed E-state index contributed by atoms with van der Waals surface area (Å²) in [6.45, 7) is 1.91. The summed E-state index contributed by atoms with van der Waals surface area (Å²) in [5.41, 5.74) is -0.223. The van der Waals surface area contributed by atoms with Gasteiger partial charge in [-0.25, -0.2) is 0 Å². The Hall–Kier alpha value is -1.10. The molecule has 0 aliphatic carbocycles. The molecule has 0 spiro atoms. The Labute approximate surface area is 93.9 Å². The summed E-state index contributed by atoms with van der Waals surface area (Å²) in [6, 6.07) is 7.65. The van der Waals surface area contributed by atoms with Crippen LogP contribution in [0.3, 0.4) is 0 Å². The van der Waals surface area contributed by atoms with Crippen LogP contribution in [0.1, 0.15) is 24.9 Å². The summed E-state index contributed by atoms with van der Waals surface area (Å²) in [5, 5.41) is 23.7. The zero-order valence-corrected chi connectivity index (χ0v) is 9.10. The number of benzene rings is 1. The summed E-state index contributed by atoms with van der Waals surface area (Å²) in [4.78, 5) is 0. The third-order valence-corrected chi connectivity index (χ3v) is 3.59. The Morgan fingerprint density at radius 2 is 2.12 bits per heavy atom. The molecule has 2 aliphatic heterocycles.